The monoisotopic (exact) mass is 337 g/mol. The Morgan fingerprint density at radius 1 is 1.08 bits per heavy atom. The highest BCUT2D eigenvalue weighted by Crippen LogP contribution is 2.27. The van der Waals surface area contributed by atoms with E-state index >= 15 is 0 Å². The summed E-state index contributed by atoms with van der Waals surface area (Å²) in [5.41, 5.74) is 10.1. The van der Waals surface area contributed by atoms with E-state index < -0.39 is 0 Å². The highest BCUT2D eigenvalue weighted by atomic mass is 35.5. The van der Waals surface area contributed by atoms with E-state index in [9.17, 15) is 0 Å². The molecule has 120 valence electrons. The second-order valence-electron chi connectivity index (χ2n) is 5.49. The van der Waals surface area contributed by atoms with E-state index in [1.54, 1.807) is 0 Å². The second-order valence-corrected chi connectivity index (χ2v) is 5.93. The summed E-state index contributed by atoms with van der Waals surface area (Å²) in [6.45, 7) is 1.17. The third-order valence-electron chi connectivity index (χ3n) is 3.85. The molecule has 5 nitrogen and oxygen atoms in total. The molecule has 4 aromatic rings. The van der Waals surface area contributed by atoms with Crippen LogP contribution in [0.1, 0.15) is 0 Å². The van der Waals surface area contributed by atoms with Gasteiger partial charge in [-0.15, -0.1) is 0 Å². The summed E-state index contributed by atoms with van der Waals surface area (Å²) in [6.07, 6.45) is 2.01. The van der Waals surface area contributed by atoms with Crippen LogP contribution in [0.25, 0.3) is 27.9 Å². The standard InChI is InChI=1S/C18H16ClN5/c19-13-5-3-4-12(10-13)15-11-24-16-7-2-1-6-14(16)22-17(18(24)23-15)21-9-8-20/h1-7,10-11H,8-9,20H2,(H,21,22). The van der Waals surface area contributed by atoms with Crippen molar-refractivity contribution in [1.82, 2.24) is 14.4 Å². The SMILES string of the molecule is NCCNc1nc2ccccc2n2cc(-c3cccc(Cl)c3)nc12. The van der Waals surface area contributed by atoms with Crippen molar-refractivity contribution in [2.24, 2.45) is 5.73 Å². The molecule has 0 fully saturated rings. The van der Waals surface area contributed by atoms with Crippen molar-refractivity contribution >= 4 is 34.1 Å². The van der Waals surface area contributed by atoms with Crippen LogP contribution < -0.4 is 11.1 Å². The third-order valence-corrected chi connectivity index (χ3v) is 4.08. The summed E-state index contributed by atoms with van der Waals surface area (Å²) in [5.74, 6) is 0.729. The maximum absolute atomic E-state index is 6.12. The first-order valence-electron chi connectivity index (χ1n) is 7.74. The minimum Gasteiger partial charge on any atom is -0.366 e. The number of imidazole rings is 1. The van der Waals surface area contributed by atoms with Gasteiger partial charge >= 0.3 is 0 Å². The van der Waals surface area contributed by atoms with Gasteiger partial charge in [0.1, 0.15) is 0 Å². The minimum absolute atomic E-state index is 0.530. The molecule has 2 aromatic carbocycles. The quantitative estimate of drug-likeness (QED) is 0.597. The smallest absolute Gasteiger partial charge is 0.181 e. The third kappa shape index (κ3) is 2.58. The van der Waals surface area contributed by atoms with E-state index in [0.29, 0.717) is 18.1 Å². The number of aromatic nitrogens is 3. The average molecular weight is 338 g/mol. The van der Waals surface area contributed by atoms with Gasteiger partial charge in [-0.1, -0.05) is 35.9 Å². The molecular weight excluding hydrogens is 322 g/mol. The van der Waals surface area contributed by atoms with Gasteiger partial charge in [-0.05, 0) is 24.3 Å². The minimum atomic E-state index is 0.530. The zero-order valence-electron chi connectivity index (χ0n) is 12.9. The Labute approximate surface area is 144 Å². The summed E-state index contributed by atoms with van der Waals surface area (Å²) in [5, 5.41) is 3.95. The summed E-state index contributed by atoms with van der Waals surface area (Å²) in [7, 11) is 0. The lowest BCUT2D eigenvalue weighted by Crippen LogP contribution is -2.14. The summed E-state index contributed by atoms with van der Waals surface area (Å²) >= 11 is 6.12. The van der Waals surface area contributed by atoms with Gasteiger partial charge in [0, 0.05) is 29.9 Å². The number of benzene rings is 2. The van der Waals surface area contributed by atoms with Crippen molar-refractivity contribution in [3.8, 4) is 11.3 Å². The molecule has 0 aliphatic heterocycles. The molecular formula is C18H16ClN5. The number of nitrogens with zero attached hydrogens (tertiary/aromatic N) is 3. The largest absolute Gasteiger partial charge is 0.366 e. The number of nitrogens with two attached hydrogens (primary N) is 1. The van der Waals surface area contributed by atoms with Crippen molar-refractivity contribution in [2.75, 3.05) is 18.4 Å². The Morgan fingerprint density at radius 3 is 2.79 bits per heavy atom. The highest BCUT2D eigenvalue weighted by molar-refractivity contribution is 6.30. The molecule has 0 amide bonds. The zero-order chi connectivity index (χ0) is 16.5. The summed E-state index contributed by atoms with van der Waals surface area (Å²) < 4.78 is 2.05. The maximum atomic E-state index is 6.12. The molecule has 2 heterocycles. The number of hydrogen-bond acceptors (Lipinski definition) is 4. The summed E-state index contributed by atoms with van der Waals surface area (Å²) in [6, 6.07) is 15.7. The number of hydrogen-bond donors (Lipinski definition) is 2. The van der Waals surface area contributed by atoms with Crippen LogP contribution in [0, 0.1) is 0 Å². The van der Waals surface area contributed by atoms with Gasteiger partial charge in [0.25, 0.3) is 0 Å². The van der Waals surface area contributed by atoms with E-state index in [4.69, 9.17) is 22.3 Å². The van der Waals surface area contributed by atoms with Crippen LogP contribution in [0.5, 0.6) is 0 Å². The molecule has 0 radical (unpaired) electrons. The van der Waals surface area contributed by atoms with Gasteiger partial charge in [0.15, 0.2) is 11.5 Å². The molecule has 0 saturated heterocycles. The number of rotatable bonds is 4. The van der Waals surface area contributed by atoms with Gasteiger partial charge < -0.3 is 11.1 Å². The van der Waals surface area contributed by atoms with Crippen LogP contribution in [0.2, 0.25) is 5.02 Å². The van der Waals surface area contributed by atoms with E-state index in [-0.39, 0.29) is 0 Å². The van der Waals surface area contributed by atoms with Crippen LogP contribution in [0.3, 0.4) is 0 Å². The fourth-order valence-electron chi connectivity index (χ4n) is 2.76. The van der Waals surface area contributed by atoms with Gasteiger partial charge in [-0.3, -0.25) is 4.40 Å². The first kappa shape index (κ1) is 14.9. The van der Waals surface area contributed by atoms with Crippen molar-refractivity contribution in [2.45, 2.75) is 0 Å². The molecule has 0 aliphatic carbocycles. The van der Waals surface area contributed by atoms with Gasteiger partial charge in [-0.2, -0.15) is 0 Å². The topological polar surface area (TPSA) is 68.2 Å². The Kier molecular flexibility index (Phi) is 3.80. The number of nitrogens with one attached hydrogen (secondary N) is 1. The molecule has 3 N–H and O–H groups in total. The van der Waals surface area contributed by atoms with E-state index in [1.807, 2.05) is 54.7 Å². The summed E-state index contributed by atoms with van der Waals surface area (Å²) in [4.78, 5) is 9.45. The Bertz CT molecular complexity index is 1020. The molecule has 0 saturated carbocycles. The Hall–Kier alpha value is -2.63. The van der Waals surface area contributed by atoms with Crippen LogP contribution in [0.15, 0.2) is 54.7 Å². The van der Waals surface area contributed by atoms with E-state index in [1.165, 1.54) is 0 Å². The number of fused-ring (bicyclic) bond motifs is 3. The molecule has 0 spiro atoms. The van der Waals surface area contributed by atoms with Crippen LogP contribution in [0.4, 0.5) is 5.82 Å². The number of para-hydroxylation sites is 2. The van der Waals surface area contributed by atoms with Gasteiger partial charge in [0.2, 0.25) is 0 Å². The maximum Gasteiger partial charge on any atom is 0.181 e. The lowest BCUT2D eigenvalue weighted by Gasteiger charge is -2.08. The van der Waals surface area contributed by atoms with Crippen molar-refractivity contribution in [3.05, 3.63) is 59.8 Å². The van der Waals surface area contributed by atoms with E-state index in [0.717, 1.165) is 33.8 Å². The number of halogens is 1. The fourth-order valence-corrected chi connectivity index (χ4v) is 2.95. The van der Waals surface area contributed by atoms with Gasteiger partial charge in [-0.25, -0.2) is 9.97 Å². The molecule has 0 aliphatic rings. The highest BCUT2D eigenvalue weighted by Gasteiger charge is 2.13. The Balaban J connectivity index is 1.97. The molecule has 0 atom stereocenters. The predicted molar refractivity (Wildman–Crippen MR) is 98.5 cm³/mol. The first-order valence-corrected chi connectivity index (χ1v) is 8.12. The molecule has 6 heteroatoms. The molecule has 2 aromatic heterocycles. The lowest BCUT2D eigenvalue weighted by molar-refractivity contribution is 1.01. The molecule has 0 bridgehead atoms. The van der Waals surface area contributed by atoms with Crippen molar-refractivity contribution in [1.29, 1.82) is 0 Å². The van der Waals surface area contributed by atoms with Crippen molar-refractivity contribution < 1.29 is 0 Å². The molecule has 0 unspecified atom stereocenters. The first-order chi connectivity index (χ1) is 11.8. The lowest BCUT2D eigenvalue weighted by atomic mass is 10.2. The normalized spacial score (nSPS) is 11.2. The molecule has 4 rings (SSSR count). The van der Waals surface area contributed by atoms with Gasteiger partial charge in [0.05, 0.1) is 16.7 Å². The number of anilines is 1. The van der Waals surface area contributed by atoms with Crippen LogP contribution in [-0.4, -0.2) is 27.5 Å². The van der Waals surface area contributed by atoms with E-state index in [2.05, 4.69) is 14.7 Å². The molecule has 24 heavy (non-hydrogen) atoms. The Morgan fingerprint density at radius 2 is 1.96 bits per heavy atom. The predicted octanol–water partition coefficient (Wildman–Crippen LogP) is 3.57. The van der Waals surface area contributed by atoms with Crippen LogP contribution >= 0.6 is 11.6 Å². The average Bonchev–Trinajstić information content (AvgIpc) is 3.05. The van der Waals surface area contributed by atoms with Crippen molar-refractivity contribution in [3.63, 3.8) is 0 Å². The second kappa shape index (κ2) is 6.11. The van der Waals surface area contributed by atoms with Crippen LogP contribution in [-0.2, 0) is 0 Å². The zero-order valence-corrected chi connectivity index (χ0v) is 13.7. The fraction of sp³-hybridized carbons (Fsp3) is 0.111.